The number of aryl methyl sites for hydroxylation is 2. The van der Waals surface area contributed by atoms with Crippen LogP contribution >= 0.6 is 11.5 Å². The van der Waals surface area contributed by atoms with Crippen LogP contribution in [0.15, 0.2) is 12.3 Å². The molecule has 2 rings (SSSR count). The number of hydrogen-bond acceptors (Lipinski definition) is 5. The molecule has 0 bridgehead atoms. The average Bonchev–Trinajstić information content (AvgIpc) is 2.86. The minimum atomic E-state index is 0.0219. The Morgan fingerprint density at radius 3 is 2.94 bits per heavy atom. The zero-order valence-electron chi connectivity index (χ0n) is 10.0. The van der Waals surface area contributed by atoms with Gasteiger partial charge < -0.3 is 5.32 Å². The van der Waals surface area contributed by atoms with Crippen LogP contribution in [0.3, 0.4) is 0 Å². The van der Waals surface area contributed by atoms with Gasteiger partial charge >= 0.3 is 0 Å². The van der Waals surface area contributed by atoms with Gasteiger partial charge in [-0.2, -0.15) is 9.47 Å². The first-order valence-electron chi connectivity index (χ1n) is 5.39. The third-order valence-corrected chi connectivity index (χ3v) is 3.27. The van der Waals surface area contributed by atoms with E-state index in [2.05, 4.69) is 14.8 Å². The first-order valence-corrected chi connectivity index (χ1v) is 6.16. The summed E-state index contributed by atoms with van der Waals surface area (Å²) < 4.78 is 6.01. The number of nitrogens with zero attached hydrogens (tertiary/aromatic N) is 3. The Morgan fingerprint density at radius 2 is 2.35 bits per heavy atom. The Labute approximate surface area is 104 Å². The zero-order valence-corrected chi connectivity index (χ0v) is 10.8. The maximum absolute atomic E-state index is 11.5. The molecule has 6 heteroatoms. The van der Waals surface area contributed by atoms with Gasteiger partial charge in [-0.15, -0.1) is 0 Å². The molecule has 0 aromatic carbocycles. The number of carbonyl (C=O) groups excluding carboxylic acids is 1. The quantitative estimate of drug-likeness (QED) is 0.847. The maximum Gasteiger partial charge on any atom is 0.164 e. The molecular weight excluding hydrogens is 236 g/mol. The van der Waals surface area contributed by atoms with Crippen LogP contribution in [0.25, 0.3) is 0 Å². The molecular formula is C11H14N4OS. The van der Waals surface area contributed by atoms with E-state index in [-0.39, 0.29) is 5.78 Å². The number of Topliss-reactive ketones (excluding diaryl/α,β-unsaturated/α-hetero) is 1. The van der Waals surface area contributed by atoms with Crippen LogP contribution in [0.4, 0.5) is 10.8 Å². The van der Waals surface area contributed by atoms with Crippen LogP contribution < -0.4 is 5.32 Å². The lowest BCUT2D eigenvalue weighted by molar-refractivity contribution is 0.101. The number of ketones is 1. The van der Waals surface area contributed by atoms with Gasteiger partial charge in [0, 0.05) is 18.8 Å². The summed E-state index contributed by atoms with van der Waals surface area (Å²) >= 11 is 1.28. The van der Waals surface area contributed by atoms with E-state index in [1.54, 1.807) is 6.92 Å². The molecule has 0 radical (unpaired) electrons. The average molecular weight is 250 g/mol. The van der Waals surface area contributed by atoms with E-state index in [0.717, 1.165) is 23.1 Å². The van der Waals surface area contributed by atoms with Gasteiger partial charge in [-0.3, -0.25) is 9.48 Å². The smallest absolute Gasteiger partial charge is 0.164 e. The monoisotopic (exact) mass is 250 g/mol. The van der Waals surface area contributed by atoms with E-state index < -0.39 is 0 Å². The Balaban J connectivity index is 2.27. The summed E-state index contributed by atoms with van der Waals surface area (Å²) in [6.07, 6.45) is 1.89. The van der Waals surface area contributed by atoms with Gasteiger partial charge in [-0.05, 0) is 32.3 Å². The second-order valence-electron chi connectivity index (χ2n) is 3.71. The number of rotatable bonds is 4. The van der Waals surface area contributed by atoms with Crippen molar-refractivity contribution < 1.29 is 4.79 Å². The lowest BCUT2D eigenvalue weighted by atomic mass is 10.2. The number of carbonyl (C=O) groups is 1. The molecule has 0 unspecified atom stereocenters. The van der Waals surface area contributed by atoms with Crippen LogP contribution in [-0.2, 0) is 6.54 Å². The summed E-state index contributed by atoms with van der Waals surface area (Å²) in [5.41, 5.74) is 1.42. The van der Waals surface area contributed by atoms with E-state index in [0.29, 0.717) is 5.56 Å². The highest BCUT2D eigenvalue weighted by atomic mass is 32.1. The third kappa shape index (κ3) is 2.36. The van der Waals surface area contributed by atoms with E-state index in [4.69, 9.17) is 0 Å². The largest absolute Gasteiger partial charge is 0.329 e. The topological polar surface area (TPSA) is 59.8 Å². The first kappa shape index (κ1) is 11.8. The van der Waals surface area contributed by atoms with Gasteiger partial charge in [0.1, 0.15) is 5.00 Å². The summed E-state index contributed by atoms with van der Waals surface area (Å²) in [4.78, 5) is 11.5. The van der Waals surface area contributed by atoms with Gasteiger partial charge in [0.05, 0.1) is 11.3 Å². The Hall–Kier alpha value is -1.69. The van der Waals surface area contributed by atoms with Gasteiger partial charge in [0.25, 0.3) is 0 Å². The van der Waals surface area contributed by atoms with Gasteiger partial charge in [0.2, 0.25) is 0 Å². The maximum atomic E-state index is 11.5. The predicted octanol–water partition coefficient (Wildman–Crippen LogP) is 2.61. The Bertz CT molecular complexity index is 543. The minimum Gasteiger partial charge on any atom is -0.329 e. The fourth-order valence-corrected chi connectivity index (χ4v) is 2.44. The van der Waals surface area contributed by atoms with Gasteiger partial charge in [-0.1, -0.05) is 0 Å². The van der Waals surface area contributed by atoms with Gasteiger partial charge in [0.15, 0.2) is 11.6 Å². The van der Waals surface area contributed by atoms with Crippen LogP contribution in [0.1, 0.15) is 29.9 Å². The molecule has 0 aliphatic rings. The fourth-order valence-electron chi connectivity index (χ4n) is 1.59. The van der Waals surface area contributed by atoms with E-state index in [1.165, 1.54) is 11.5 Å². The van der Waals surface area contributed by atoms with E-state index in [9.17, 15) is 4.79 Å². The second kappa shape index (κ2) is 4.67. The molecule has 0 aliphatic carbocycles. The van der Waals surface area contributed by atoms with Crippen molar-refractivity contribution in [3.05, 3.63) is 23.5 Å². The summed E-state index contributed by atoms with van der Waals surface area (Å²) in [6.45, 7) is 6.23. The molecule has 0 saturated heterocycles. The van der Waals surface area contributed by atoms with E-state index >= 15 is 0 Å². The standard InChI is InChI=1S/C11H14N4OS/c1-4-15-6-5-9(13-15)12-11-10(8(3)16)7(2)14-17-11/h5-6H,4H2,1-3H3,(H,12,13). The number of aromatic nitrogens is 3. The van der Waals surface area contributed by atoms with Crippen LogP contribution in [0, 0.1) is 6.92 Å². The number of hydrogen-bond donors (Lipinski definition) is 1. The van der Waals surface area contributed by atoms with Crippen molar-refractivity contribution in [3.63, 3.8) is 0 Å². The number of anilines is 2. The van der Waals surface area contributed by atoms with Crippen molar-refractivity contribution in [2.75, 3.05) is 5.32 Å². The van der Waals surface area contributed by atoms with Crippen molar-refractivity contribution in [1.29, 1.82) is 0 Å². The zero-order chi connectivity index (χ0) is 12.4. The lowest BCUT2D eigenvalue weighted by Gasteiger charge is -2.01. The highest BCUT2D eigenvalue weighted by Crippen LogP contribution is 2.27. The molecule has 17 heavy (non-hydrogen) atoms. The van der Waals surface area contributed by atoms with E-state index in [1.807, 2.05) is 30.8 Å². The molecule has 1 N–H and O–H groups in total. The van der Waals surface area contributed by atoms with Crippen LogP contribution in [-0.4, -0.2) is 19.9 Å². The highest BCUT2D eigenvalue weighted by molar-refractivity contribution is 7.10. The molecule has 2 aromatic heterocycles. The molecule has 5 nitrogen and oxygen atoms in total. The van der Waals surface area contributed by atoms with Crippen molar-refractivity contribution in [1.82, 2.24) is 14.2 Å². The van der Waals surface area contributed by atoms with Crippen LogP contribution in [0.2, 0.25) is 0 Å². The van der Waals surface area contributed by atoms with Crippen molar-refractivity contribution in [2.24, 2.45) is 0 Å². The second-order valence-corrected chi connectivity index (χ2v) is 4.48. The molecule has 2 heterocycles. The van der Waals surface area contributed by atoms with Crippen LogP contribution in [0.5, 0.6) is 0 Å². The molecule has 90 valence electrons. The SMILES string of the molecule is CCn1ccc(Nc2snc(C)c2C(C)=O)n1. The molecule has 0 amide bonds. The lowest BCUT2D eigenvalue weighted by Crippen LogP contribution is -2.00. The Morgan fingerprint density at radius 1 is 1.59 bits per heavy atom. The molecule has 2 aromatic rings. The fraction of sp³-hybridized carbons (Fsp3) is 0.364. The minimum absolute atomic E-state index is 0.0219. The van der Waals surface area contributed by atoms with Gasteiger partial charge in [-0.25, -0.2) is 0 Å². The molecule has 0 spiro atoms. The normalized spacial score (nSPS) is 10.5. The third-order valence-electron chi connectivity index (χ3n) is 2.42. The summed E-state index contributed by atoms with van der Waals surface area (Å²) in [5, 5.41) is 8.20. The number of nitrogens with one attached hydrogen (secondary N) is 1. The predicted molar refractivity (Wildman–Crippen MR) is 68.0 cm³/mol. The Kier molecular flexibility index (Phi) is 3.23. The molecule has 0 saturated carbocycles. The molecule has 0 atom stereocenters. The van der Waals surface area contributed by atoms with Crippen molar-refractivity contribution in [3.8, 4) is 0 Å². The summed E-state index contributed by atoms with van der Waals surface area (Å²) in [6, 6.07) is 1.88. The first-order chi connectivity index (χ1) is 8.11. The van der Waals surface area contributed by atoms with Crippen molar-refractivity contribution >= 4 is 28.1 Å². The molecule has 0 fully saturated rings. The summed E-state index contributed by atoms with van der Waals surface area (Å²) in [5.74, 6) is 0.756. The highest BCUT2D eigenvalue weighted by Gasteiger charge is 2.15. The molecule has 0 aliphatic heterocycles. The van der Waals surface area contributed by atoms with Crippen molar-refractivity contribution in [2.45, 2.75) is 27.3 Å². The summed E-state index contributed by atoms with van der Waals surface area (Å²) in [7, 11) is 0.